The zero-order valence-electron chi connectivity index (χ0n) is 9.88. The van der Waals surface area contributed by atoms with Crippen molar-refractivity contribution in [3.63, 3.8) is 0 Å². The number of rotatable bonds is 2. The maximum atomic E-state index is 4.67. The molecule has 3 aromatic rings. The van der Waals surface area contributed by atoms with Crippen LogP contribution in [0.5, 0.6) is 0 Å². The van der Waals surface area contributed by atoms with Gasteiger partial charge in [-0.15, -0.1) is 22.7 Å². The molecule has 0 radical (unpaired) electrons. The van der Waals surface area contributed by atoms with Crippen LogP contribution in [0, 0.1) is 6.92 Å². The summed E-state index contributed by atoms with van der Waals surface area (Å²) < 4.78 is 0. The van der Waals surface area contributed by atoms with Crippen molar-refractivity contribution in [2.24, 2.45) is 0 Å². The summed E-state index contributed by atoms with van der Waals surface area (Å²) in [6.45, 7) is 2.05. The van der Waals surface area contributed by atoms with Crippen molar-refractivity contribution in [1.29, 1.82) is 0 Å². The minimum atomic E-state index is 0.0706. The minimum Gasteiger partial charge on any atom is -0.246 e. The van der Waals surface area contributed by atoms with Gasteiger partial charge in [-0.2, -0.15) is 0 Å². The lowest BCUT2D eigenvalue weighted by Gasteiger charge is -2.12. The van der Waals surface area contributed by atoms with E-state index in [1.807, 2.05) is 0 Å². The molecule has 0 atom stereocenters. The summed E-state index contributed by atoms with van der Waals surface area (Å²) >= 11 is 3.43. The third-order valence-electron chi connectivity index (χ3n) is 3.49. The summed E-state index contributed by atoms with van der Waals surface area (Å²) in [6, 6.07) is 2.13. The molecule has 0 aromatic carbocycles. The third kappa shape index (κ3) is 1.37. The van der Waals surface area contributed by atoms with Crippen molar-refractivity contribution in [3.05, 3.63) is 39.5 Å². The monoisotopic (exact) mass is 273 g/mol. The first-order valence-corrected chi connectivity index (χ1v) is 7.67. The lowest BCUT2D eigenvalue weighted by Crippen LogP contribution is -2.11. The van der Waals surface area contributed by atoms with Crippen molar-refractivity contribution in [2.75, 3.05) is 0 Å². The Bertz CT molecular complexity index is 725. The Morgan fingerprint density at radius 1 is 1.22 bits per heavy atom. The van der Waals surface area contributed by atoms with E-state index in [0.717, 1.165) is 23.4 Å². The largest absolute Gasteiger partial charge is 0.246 e. The van der Waals surface area contributed by atoms with E-state index in [2.05, 4.69) is 38.7 Å². The molecule has 5 heteroatoms. The normalized spacial score (nSPS) is 17.2. The smallest absolute Gasteiger partial charge is 0.126 e. The zero-order valence-corrected chi connectivity index (χ0v) is 11.5. The standard InChI is InChI=1S/C13H11N3S2/c1-8-6-18-12(16-8)13(3-4-13)10-9-2-5-17-11(9)15-7-14-10/h2,5-7H,3-4H2,1H3. The second-order valence-electron chi connectivity index (χ2n) is 4.74. The lowest BCUT2D eigenvalue weighted by atomic mass is 10.0. The molecule has 0 amide bonds. The Hall–Kier alpha value is -1.33. The first-order chi connectivity index (χ1) is 8.79. The summed E-state index contributed by atoms with van der Waals surface area (Å²) in [6.07, 6.45) is 4.00. The van der Waals surface area contributed by atoms with Crippen molar-refractivity contribution in [1.82, 2.24) is 15.0 Å². The molecule has 0 aliphatic heterocycles. The van der Waals surface area contributed by atoms with Crippen molar-refractivity contribution >= 4 is 32.9 Å². The van der Waals surface area contributed by atoms with E-state index in [9.17, 15) is 0 Å². The van der Waals surface area contributed by atoms with Crippen LogP contribution in [-0.2, 0) is 5.41 Å². The van der Waals surface area contributed by atoms with Crippen LogP contribution in [0.1, 0.15) is 29.2 Å². The molecule has 3 heterocycles. The van der Waals surface area contributed by atoms with Crippen LogP contribution >= 0.6 is 22.7 Å². The number of aromatic nitrogens is 3. The molecule has 1 saturated carbocycles. The molecule has 0 N–H and O–H groups in total. The van der Waals surface area contributed by atoms with E-state index in [-0.39, 0.29) is 5.41 Å². The average Bonchev–Trinajstić information content (AvgIpc) is 2.84. The Morgan fingerprint density at radius 3 is 2.83 bits per heavy atom. The molecule has 0 saturated heterocycles. The quantitative estimate of drug-likeness (QED) is 0.717. The fourth-order valence-corrected chi connectivity index (χ4v) is 4.21. The zero-order chi connectivity index (χ0) is 12.2. The number of hydrogen-bond acceptors (Lipinski definition) is 5. The Kier molecular flexibility index (Phi) is 2.11. The van der Waals surface area contributed by atoms with Gasteiger partial charge in [0.25, 0.3) is 0 Å². The van der Waals surface area contributed by atoms with Gasteiger partial charge in [-0.05, 0) is 31.2 Å². The second-order valence-corrected chi connectivity index (χ2v) is 6.49. The van der Waals surface area contributed by atoms with Gasteiger partial charge in [0, 0.05) is 16.5 Å². The van der Waals surface area contributed by atoms with E-state index in [1.54, 1.807) is 29.0 Å². The molecule has 4 rings (SSSR count). The van der Waals surface area contributed by atoms with Crippen molar-refractivity contribution in [3.8, 4) is 0 Å². The molecule has 90 valence electrons. The van der Waals surface area contributed by atoms with Gasteiger partial charge in [0.2, 0.25) is 0 Å². The predicted octanol–water partition coefficient (Wildman–Crippen LogP) is 3.54. The fraction of sp³-hybridized carbons (Fsp3) is 0.308. The topological polar surface area (TPSA) is 38.7 Å². The summed E-state index contributed by atoms with van der Waals surface area (Å²) in [4.78, 5) is 14.7. The third-order valence-corrected chi connectivity index (χ3v) is 5.48. The molecule has 0 bridgehead atoms. The van der Waals surface area contributed by atoms with Gasteiger partial charge in [-0.25, -0.2) is 15.0 Å². The van der Waals surface area contributed by atoms with E-state index in [1.165, 1.54) is 16.1 Å². The molecule has 1 aliphatic carbocycles. The highest BCUT2D eigenvalue weighted by atomic mass is 32.1. The van der Waals surface area contributed by atoms with Crippen LogP contribution in [0.2, 0.25) is 0 Å². The van der Waals surface area contributed by atoms with Crippen molar-refractivity contribution < 1.29 is 0 Å². The number of nitrogens with zero attached hydrogens (tertiary/aromatic N) is 3. The van der Waals surface area contributed by atoms with Gasteiger partial charge < -0.3 is 0 Å². The number of fused-ring (bicyclic) bond motifs is 1. The highest BCUT2D eigenvalue weighted by Crippen LogP contribution is 2.55. The highest BCUT2D eigenvalue weighted by molar-refractivity contribution is 7.16. The van der Waals surface area contributed by atoms with Crippen LogP contribution in [-0.4, -0.2) is 15.0 Å². The highest BCUT2D eigenvalue weighted by Gasteiger charge is 2.50. The van der Waals surface area contributed by atoms with Gasteiger partial charge >= 0.3 is 0 Å². The Labute approximate surface area is 113 Å². The number of aryl methyl sites for hydroxylation is 1. The molecule has 3 nitrogen and oxygen atoms in total. The molecule has 1 fully saturated rings. The fourth-order valence-electron chi connectivity index (χ4n) is 2.42. The van der Waals surface area contributed by atoms with Gasteiger partial charge in [-0.1, -0.05) is 0 Å². The number of thiazole rings is 1. The summed E-state index contributed by atoms with van der Waals surface area (Å²) in [5, 5.41) is 6.63. The van der Waals surface area contributed by atoms with Crippen LogP contribution < -0.4 is 0 Å². The van der Waals surface area contributed by atoms with Crippen LogP contribution in [0.4, 0.5) is 0 Å². The van der Waals surface area contributed by atoms with Crippen LogP contribution in [0.15, 0.2) is 23.2 Å². The Balaban J connectivity index is 1.95. The molecule has 0 unspecified atom stereocenters. The van der Waals surface area contributed by atoms with Crippen LogP contribution in [0.25, 0.3) is 10.2 Å². The van der Waals surface area contributed by atoms with Crippen LogP contribution in [0.3, 0.4) is 0 Å². The molecular weight excluding hydrogens is 262 g/mol. The first-order valence-electron chi connectivity index (χ1n) is 5.91. The number of hydrogen-bond donors (Lipinski definition) is 0. The minimum absolute atomic E-state index is 0.0706. The van der Waals surface area contributed by atoms with E-state index in [4.69, 9.17) is 0 Å². The Morgan fingerprint density at radius 2 is 2.11 bits per heavy atom. The van der Waals surface area contributed by atoms with Crippen molar-refractivity contribution in [2.45, 2.75) is 25.2 Å². The van der Waals surface area contributed by atoms with Gasteiger partial charge in [0.1, 0.15) is 16.2 Å². The average molecular weight is 273 g/mol. The van der Waals surface area contributed by atoms with Gasteiger partial charge in [0.15, 0.2) is 0 Å². The molecule has 0 spiro atoms. The van der Waals surface area contributed by atoms with E-state index in [0.29, 0.717) is 0 Å². The predicted molar refractivity (Wildman–Crippen MR) is 74.3 cm³/mol. The maximum Gasteiger partial charge on any atom is 0.126 e. The molecular formula is C13H11N3S2. The molecule has 1 aliphatic rings. The number of thiophene rings is 1. The summed E-state index contributed by atoms with van der Waals surface area (Å²) in [5.41, 5.74) is 2.35. The van der Waals surface area contributed by atoms with Gasteiger partial charge in [-0.3, -0.25) is 0 Å². The SMILES string of the molecule is Cc1csc(C2(c3ncnc4sccc34)CC2)n1. The summed E-state index contributed by atoms with van der Waals surface area (Å²) in [5.74, 6) is 0. The first kappa shape index (κ1) is 10.6. The van der Waals surface area contributed by atoms with Gasteiger partial charge in [0.05, 0.1) is 11.1 Å². The summed E-state index contributed by atoms with van der Waals surface area (Å²) in [7, 11) is 0. The molecule has 18 heavy (non-hydrogen) atoms. The molecule has 3 aromatic heterocycles. The van der Waals surface area contributed by atoms with E-state index < -0.39 is 0 Å². The lowest BCUT2D eigenvalue weighted by molar-refractivity contribution is 0.795. The van der Waals surface area contributed by atoms with E-state index >= 15 is 0 Å². The maximum absolute atomic E-state index is 4.67. The second kappa shape index (κ2) is 3.59.